The lowest BCUT2D eigenvalue weighted by Gasteiger charge is -2.24. The molecule has 0 aromatic heterocycles. The Balaban J connectivity index is 1.21. The van der Waals surface area contributed by atoms with Crippen molar-refractivity contribution < 1.29 is 0 Å². The molecule has 7 aromatic rings. The first kappa shape index (κ1) is 27.3. The normalized spacial score (nSPS) is 16.8. The van der Waals surface area contributed by atoms with E-state index in [-0.39, 0.29) is 0 Å². The van der Waals surface area contributed by atoms with Gasteiger partial charge >= 0.3 is 0 Å². The summed E-state index contributed by atoms with van der Waals surface area (Å²) in [4.78, 5) is 0. The molecular formula is C49H34. The molecule has 0 heteroatoms. The number of benzene rings is 7. The Bertz CT molecular complexity index is 2770. The Labute approximate surface area is 286 Å². The fourth-order valence-corrected chi connectivity index (χ4v) is 9.82. The van der Waals surface area contributed by atoms with E-state index in [0.29, 0.717) is 5.92 Å². The Morgan fingerprint density at radius 1 is 0.531 bits per heavy atom. The number of hydrogen-bond acceptors (Lipinski definition) is 0. The van der Waals surface area contributed by atoms with Crippen molar-refractivity contribution in [2.75, 3.05) is 0 Å². The van der Waals surface area contributed by atoms with E-state index in [1.807, 2.05) is 0 Å². The molecule has 4 aliphatic rings. The minimum atomic E-state index is 0.456. The van der Waals surface area contributed by atoms with Crippen molar-refractivity contribution in [2.24, 2.45) is 5.92 Å². The summed E-state index contributed by atoms with van der Waals surface area (Å²) in [5.74, 6) is 0.456. The van der Waals surface area contributed by atoms with Crippen LogP contribution < -0.4 is 10.4 Å². The van der Waals surface area contributed by atoms with Crippen molar-refractivity contribution in [3.05, 3.63) is 172 Å². The molecule has 49 heavy (non-hydrogen) atoms. The maximum Gasteiger partial charge on any atom is -0.00108 e. The standard InChI is InChI=1S/C49H34/c1-29-27-33(28-42-38-21-10-17-30-18-11-23-39(43(29)42)44(30)38)34-25-26-41-47-35(34)22-12-24-40(47)48-45(31-13-4-2-5-14-31)36-19-8-9-20-37(36)46(49(41)48)32-15-6-3-7-16-32/h2-11,13-23,25-26,28-29H,12,24,27H2,1H3. The summed E-state index contributed by atoms with van der Waals surface area (Å²) in [6, 6.07) is 49.9. The minimum Gasteiger partial charge on any atom is -0.0757 e. The van der Waals surface area contributed by atoms with Gasteiger partial charge in [-0.1, -0.05) is 153 Å². The van der Waals surface area contributed by atoms with Crippen LogP contribution in [-0.4, -0.2) is 0 Å². The van der Waals surface area contributed by atoms with Crippen LogP contribution in [0, 0.1) is 5.92 Å². The molecule has 7 aromatic carbocycles. The van der Waals surface area contributed by atoms with E-state index in [1.165, 1.54) is 110 Å². The van der Waals surface area contributed by atoms with Gasteiger partial charge in [-0.3, -0.25) is 0 Å². The van der Waals surface area contributed by atoms with Crippen molar-refractivity contribution in [1.82, 2.24) is 0 Å². The average molecular weight is 623 g/mol. The van der Waals surface area contributed by atoms with E-state index in [4.69, 9.17) is 0 Å². The van der Waals surface area contributed by atoms with E-state index in [9.17, 15) is 0 Å². The topological polar surface area (TPSA) is 0 Å². The van der Waals surface area contributed by atoms with Gasteiger partial charge in [-0.25, -0.2) is 0 Å². The van der Waals surface area contributed by atoms with Gasteiger partial charge in [0.05, 0.1) is 0 Å². The lowest BCUT2D eigenvalue weighted by Crippen LogP contribution is -2.33. The maximum absolute atomic E-state index is 2.55. The summed E-state index contributed by atoms with van der Waals surface area (Å²) in [6.07, 6.45) is 8.27. The van der Waals surface area contributed by atoms with Crippen LogP contribution >= 0.6 is 0 Å². The van der Waals surface area contributed by atoms with Crippen LogP contribution in [0.25, 0.3) is 83.3 Å². The molecule has 0 saturated carbocycles. The van der Waals surface area contributed by atoms with E-state index in [2.05, 4.69) is 153 Å². The molecule has 0 amide bonds. The molecule has 0 saturated heterocycles. The van der Waals surface area contributed by atoms with Gasteiger partial charge < -0.3 is 0 Å². The molecule has 0 radical (unpaired) electrons. The molecule has 4 aliphatic carbocycles. The van der Waals surface area contributed by atoms with Gasteiger partial charge in [-0.15, -0.1) is 0 Å². The Hall–Kier alpha value is -5.72. The third-order valence-corrected chi connectivity index (χ3v) is 11.7. The SMILES string of the molecule is CC1CC(c2ccc3c4c2=CCCC=4c2c-3c(-c3ccccc3)c3ccccc3c2-c2ccccc2)=CC2=C1c1cccc3cccc2c13. The predicted octanol–water partition coefficient (Wildman–Crippen LogP) is 11.4. The van der Waals surface area contributed by atoms with Crippen molar-refractivity contribution >= 4 is 49.9 Å². The molecule has 0 fully saturated rings. The van der Waals surface area contributed by atoms with Crippen molar-refractivity contribution in [2.45, 2.75) is 26.2 Å². The second-order valence-electron chi connectivity index (χ2n) is 14.3. The molecule has 11 rings (SSSR count). The quantitative estimate of drug-likeness (QED) is 0.184. The van der Waals surface area contributed by atoms with Crippen LogP contribution in [0.15, 0.2) is 140 Å². The fourth-order valence-electron chi connectivity index (χ4n) is 9.82. The van der Waals surface area contributed by atoms with Gasteiger partial charge in [-0.2, -0.15) is 0 Å². The largest absolute Gasteiger partial charge is 0.0757 e. The molecule has 1 unspecified atom stereocenters. The van der Waals surface area contributed by atoms with E-state index in [1.54, 1.807) is 0 Å². The Morgan fingerprint density at radius 2 is 1.16 bits per heavy atom. The Morgan fingerprint density at radius 3 is 1.88 bits per heavy atom. The molecule has 0 nitrogen and oxygen atoms in total. The average Bonchev–Trinajstić information content (AvgIpc) is 3.66. The highest BCUT2D eigenvalue weighted by molar-refractivity contribution is 6.20. The van der Waals surface area contributed by atoms with Crippen molar-refractivity contribution in [3.63, 3.8) is 0 Å². The number of allylic oxidation sites excluding steroid dienone is 4. The maximum atomic E-state index is 2.55. The summed E-state index contributed by atoms with van der Waals surface area (Å²) in [7, 11) is 0. The first-order valence-electron chi connectivity index (χ1n) is 17.8. The highest BCUT2D eigenvalue weighted by Crippen LogP contribution is 2.53. The summed E-state index contributed by atoms with van der Waals surface area (Å²) < 4.78 is 0. The first-order chi connectivity index (χ1) is 24.3. The zero-order valence-electron chi connectivity index (χ0n) is 27.6. The van der Waals surface area contributed by atoms with Gasteiger partial charge in [0.25, 0.3) is 0 Å². The lowest BCUT2D eigenvalue weighted by atomic mass is 9.79. The second kappa shape index (κ2) is 10.1. The van der Waals surface area contributed by atoms with Gasteiger partial charge in [0.2, 0.25) is 0 Å². The summed E-state index contributed by atoms with van der Waals surface area (Å²) in [5.41, 5.74) is 19.8. The number of rotatable bonds is 3. The molecular weight excluding hydrogens is 589 g/mol. The highest BCUT2D eigenvalue weighted by atomic mass is 14.4. The smallest absolute Gasteiger partial charge is 0.00108 e. The fraction of sp³-hybridized carbons (Fsp3) is 0.102. The number of hydrogen-bond donors (Lipinski definition) is 0. The van der Waals surface area contributed by atoms with Crippen molar-refractivity contribution in [3.8, 4) is 33.4 Å². The van der Waals surface area contributed by atoms with Crippen LogP contribution in [0.4, 0.5) is 0 Å². The molecule has 230 valence electrons. The zero-order valence-corrected chi connectivity index (χ0v) is 27.6. The minimum absolute atomic E-state index is 0.456. The van der Waals surface area contributed by atoms with Crippen LogP contribution in [-0.2, 0) is 0 Å². The first-order valence-corrected chi connectivity index (χ1v) is 17.8. The van der Waals surface area contributed by atoms with Gasteiger partial charge in [0, 0.05) is 0 Å². The molecule has 0 aliphatic heterocycles. The predicted molar refractivity (Wildman–Crippen MR) is 208 cm³/mol. The third kappa shape index (κ3) is 3.69. The second-order valence-corrected chi connectivity index (χ2v) is 14.3. The van der Waals surface area contributed by atoms with E-state index in [0.717, 1.165) is 19.3 Å². The van der Waals surface area contributed by atoms with Crippen LogP contribution in [0.5, 0.6) is 0 Å². The highest BCUT2D eigenvalue weighted by Gasteiger charge is 2.34. The number of fused-ring (bicyclic) bond motifs is 6. The zero-order chi connectivity index (χ0) is 32.2. The molecule has 0 spiro atoms. The Kier molecular flexibility index (Phi) is 5.64. The van der Waals surface area contributed by atoms with Crippen LogP contribution in [0.2, 0.25) is 0 Å². The molecule has 0 N–H and O–H groups in total. The van der Waals surface area contributed by atoms with Crippen molar-refractivity contribution in [1.29, 1.82) is 0 Å². The van der Waals surface area contributed by atoms with E-state index >= 15 is 0 Å². The van der Waals surface area contributed by atoms with Gasteiger partial charge in [0.1, 0.15) is 0 Å². The molecule has 1 atom stereocenters. The van der Waals surface area contributed by atoms with Crippen LogP contribution in [0.3, 0.4) is 0 Å². The van der Waals surface area contributed by atoms with Gasteiger partial charge in [-0.05, 0) is 135 Å². The van der Waals surface area contributed by atoms with Gasteiger partial charge in [0.15, 0.2) is 0 Å². The summed E-state index contributed by atoms with van der Waals surface area (Å²) in [6.45, 7) is 2.44. The third-order valence-electron chi connectivity index (χ3n) is 11.7. The van der Waals surface area contributed by atoms with E-state index < -0.39 is 0 Å². The molecule has 0 heterocycles. The molecule has 0 bridgehead atoms. The monoisotopic (exact) mass is 622 g/mol. The van der Waals surface area contributed by atoms with Crippen LogP contribution in [0.1, 0.15) is 48.4 Å². The summed E-state index contributed by atoms with van der Waals surface area (Å²) in [5, 5.41) is 8.34. The lowest BCUT2D eigenvalue weighted by molar-refractivity contribution is 0.775. The summed E-state index contributed by atoms with van der Waals surface area (Å²) >= 11 is 0.